The predicted molar refractivity (Wildman–Crippen MR) is 131 cm³/mol. The molecule has 0 saturated carbocycles. The van der Waals surface area contributed by atoms with E-state index in [0.717, 1.165) is 28.2 Å². The number of nitrogens with zero attached hydrogens (tertiary/aromatic N) is 2. The molecule has 176 valence electrons. The second-order valence-electron chi connectivity index (χ2n) is 8.11. The van der Waals surface area contributed by atoms with Gasteiger partial charge in [-0.15, -0.1) is 11.8 Å². The Balaban J connectivity index is 0.00000149. The van der Waals surface area contributed by atoms with Gasteiger partial charge in [0.05, 0.1) is 17.8 Å². The van der Waals surface area contributed by atoms with Crippen molar-refractivity contribution in [2.75, 3.05) is 12.9 Å². The molecule has 9 nitrogen and oxygen atoms in total. The Bertz CT molecular complexity index is 1090. The topological polar surface area (TPSA) is 110 Å². The fourth-order valence-electron chi connectivity index (χ4n) is 3.04. The molecule has 0 amide bonds. The molecule has 0 atom stereocenters. The normalized spacial score (nSPS) is 16.5. The molecule has 3 aromatic rings. The summed E-state index contributed by atoms with van der Waals surface area (Å²) < 4.78 is 29.4. The van der Waals surface area contributed by atoms with Crippen LogP contribution in [0.15, 0.2) is 39.8 Å². The Morgan fingerprint density at radius 1 is 1.09 bits per heavy atom. The third-order valence-electron chi connectivity index (χ3n) is 5.49. The van der Waals surface area contributed by atoms with Crippen LogP contribution in [0.2, 0.25) is 0 Å². The van der Waals surface area contributed by atoms with E-state index >= 15 is 0 Å². The molecule has 4 rings (SSSR count). The molecule has 12 heteroatoms. The smallest absolute Gasteiger partial charge is 0.435 e. The molecule has 1 saturated heterocycles. The lowest BCUT2D eigenvalue weighted by Crippen LogP contribution is -2.41. The lowest BCUT2D eigenvalue weighted by Gasteiger charge is -2.32. The maximum atomic E-state index is 7.00. The molecule has 1 aliphatic heterocycles. The number of fused-ring (bicyclic) bond motifs is 1. The van der Waals surface area contributed by atoms with Crippen molar-refractivity contribution in [2.45, 2.75) is 50.7 Å². The highest BCUT2D eigenvalue weighted by Crippen LogP contribution is 2.38. The lowest BCUT2D eigenvalue weighted by atomic mass is 9.80. The number of aromatic nitrogens is 2. The van der Waals surface area contributed by atoms with Crippen molar-refractivity contribution in [3.8, 4) is 17.3 Å². The van der Waals surface area contributed by atoms with Crippen molar-refractivity contribution < 1.29 is 22.1 Å². The van der Waals surface area contributed by atoms with Gasteiger partial charge in [-0.25, -0.2) is 9.97 Å². The standard InChI is InChI=1S/C21H25BN2O5S2.O2/c1-7-25-31-27-17-10-13(22-28-20(2,3)21(4,5)29-22)12-23-18(17)19-24-15-11-14(30-6)8-9-16(15)26-19;1-2/h8-12H,7H2,1-6H3;. The lowest BCUT2D eigenvalue weighted by molar-refractivity contribution is 0.00578. The van der Waals surface area contributed by atoms with Crippen LogP contribution in [0.1, 0.15) is 34.6 Å². The molecule has 0 spiro atoms. The first-order valence-electron chi connectivity index (χ1n) is 10.2. The Hall–Kier alpha value is -2.12. The van der Waals surface area contributed by atoms with Crippen LogP contribution in [0.25, 0.3) is 22.7 Å². The van der Waals surface area contributed by atoms with Gasteiger partial charge < -0.3 is 17.9 Å². The number of rotatable bonds is 7. The minimum Gasteiger partial charge on any atom is -0.435 e. The van der Waals surface area contributed by atoms with Gasteiger partial charge in [0.15, 0.2) is 17.0 Å². The van der Waals surface area contributed by atoms with Crippen molar-refractivity contribution >= 4 is 47.8 Å². The fourth-order valence-corrected chi connectivity index (χ4v) is 3.81. The summed E-state index contributed by atoms with van der Waals surface area (Å²) in [7, 11) is -0.557. The highest BCUT2D eigenvalue weighted by molar-refractivity contribution is 7.98. The summed E-state index contributed by atoms with van der Waals surface area (Å²) in [5, 5.41) is 0. The van der Waals surface area contributed by atoms with Gasteiger partial charge in [-0.2, -0.15) is 0 Å². The van der Waals surface area contributed by atoms with Gasteiger partial charge in [0.1, 0.15) is 5.52 Å². The summed E-state index contributed by atoms with van der Waals surface area (Å²) in [6.45, 7) is 10.4. The molecule has 1 fully saturated rings. The van der Waals surface area contributed by atoms with Gasteiger partial charge in [0.25, 0.3) is 0 Å². The predicted octanol–water partition coefficient (Wildman–Crippen LogP) is 4.96. The van der Waals surface area contributed by atoms with Crippen LogP contribution in [0.5, 0.6) is 5.75 Å². The minimum absolute atomic E-state index is 0.376. The molecule has 0 aliphatic carbocycles. The van der Waals surface area contributed by atoms with E-state index in [0.29, 0.717) is 29.5 Å². The van der Waals surface area contributed by atoms with Crippen LogP contribution in [0.4, 0.5) is 0 Å². The van der Waals surface area contributed by atoms with E-state index in [4.69, 9.17) is 32.0 Å². The molecule has 3 heterocycles. The Morgan fingerprint density at radius 2 is 1.79 bits per heavy atom. The van der Waals surface area contributed by atoms with Gasteiger partial charge in [-0.3, -0.25) is 4.18 Å². The SMILES string of the molecule is CCOSOc1cc(B2OC(C)(C)C(C)(C)O2)cnc1-c1nc2cc(SC)ccc2o1.O=O. The van der Waals surface area contributed by atoms with Crippen LogP contribution in [-0.2, 0) is 13.5 Å². The molecule has 0 N–H and O–H groups in total. The van der Waals surface area contributed by atoms with Crippen molar-refractivity contribution in [3.05, 3.63) is 40.4 Å². The maximum Gasteiger partial charge on any atom is 0.496 e. The number of benzene rings is 1. The van der Waals surface area contributed by atoms with Gasteiger partial charge in [-0.1, -0.05) is 0 Å². The highest BCUT2D eigenvalue weighted by atomic mass is 32.2. The Kier molecular flexibility index (Phi) is 8.06. The molecular weight excluding hydrogens is 467 g/mol. The largest absolute Gasteiger partial charge is 0.496 e. The maximum absolute atomic E-state index is 7.00. The Labute approximate surface area is 201 Å². The van der Waals surface area contributed by atoms with Gasteiger partial charge in [0, 0.05) is 26.5 Å². The quantitative estimate of drug-likeness (QED) is 0.193. The van der Waals surface area contributed by atoms with E-state index < -0.39 is 18.3 Å². The second kappa shape index (κ2) is 10.4. The van der Waals surface area contributed by atoms with Gasteiger partial charge in [-0.05, 0) is 65.1 Å². The third-order valence-corrected chi connectivity index (χ3v) is 6.79. The molecule has 0 unspecified atom stereocenters. The summed E-state index contributed by atoms with van der Waals surface area (Å²) in [5.74, 6) is 0.836. The van der Waals surface area contributed by atoms with E-state index in [2.05, 4.69) is 9.97 Å². The number of oxazole rings is 1. The van der Waals surface area contributed by atoms with Crippen molar-refractivity contribution in [1.82, 2.24) is 9.97 Å². The van der Waals surface area contributed by atoms with Crippen LogP contribution >= 0.6 is 24.1 Å². The zero-order valence-corrected chi connectivity index (χ0v) is 20.9. The summed E-state index contributed by atoms with van der Waals surface area (Å²) >= 11 is 2.54. The van der Waals surface area contributed by atoms with Crippen LogP contribution in [0, 0.1) is 9.93 Å². The summed E-state index contributed by atoms with van der Waals surface area (Å²) in [6, 6.07) is 7.73. The number of thioether (sulfide) groups is 1. The van der Waals surface area contributed by atoms with E-state index in [1.165, 1.54) is 0 Å². The summed E-state index contributed by atoms with van der Waals surface area (Å²) in [6.07, 6.45) is 3.73. The highest BCUT2D eigenvalue weighted by Gasteiger charge is 2.52. The summed E-state index contributed by atoms with van der Waals surface area (Å²) in [4.78, 5) is 24.3. The first-order valence-corrected chi connectivity index (χ1v) is 12.1. The average molecular weight is 492 g/mol. The van der Waals surface area contributed by atoms with E-state index in [1.54, 1.807) is 18.0 Å². The van der Waals surface area contributed by atoms with E-state index in [1.807, 2.05) is 65.1 Å². The molecule has 0 bridgehead atoms. The van der Waals surface area contributed by atoms with Crippen LogP contribution in [-0.4, -0.2) is 41.2 Å². The molecular formula is C21H25BN2O7S2. The molecule has 33 heavy (non-hydrogen) atoms. The van der Waals surface area contributed by atoms with Crippen molar-refractivity contribution in [1.29, 1.82) is 0 Å². The number of hydrogen-bond donors (Lipinski definition) is 0. The van der Waals surface area contributed by atoms with E-state index in [9.17, 15) is 0 Å². The molecule has 1 aromatic carbocycles. The second-order valence-corrected chi connectivity index (χ2v) is 9.53. The van der Waals surface area contributed by atoms with Crippen LogP contribution in [0.3, 0.4) is 0 Å². The van der Waals surface area contributed by atoms with Crippen molar-refractivity contribution in [3.63, 3.8) is 0 Å². The van der Waals surface area contributed by atoms with Gasteiger partial charge in [0.2, 0.25) is 18.2 Å². The molecule has 0 radical (unpaired) electrons. The average Bonchev–Trinajstić information content (AvgIpc) is 3.31. The van der Waals surface area contributed by atoms with E-state index in [-0.39, 0.29) is 0 Å². The van der Waals surface area contributed by atoms with Crippen LogP contribution < -0.4 is 9.65 Å². The summed E-state index contributed by atoms with van der Waals surface area (Å²) in [5.41, 5.74) is 1.78. The fraction of sp³-hybridized carbons (Fsp3) is 0.429. The zero-order valence-electron chi connectivity index (χ0n) is 19.2. The molecule has 1 aliphatic rings. The first-order chi connectivity index (χ1) is 15.7. The third kappa shape index (κ3) is 5.35. The number of pyridine rings is 1. The first kappa shape index (κ1) is 25.5. The minimum atomic E-state index is -0.557. The Morgan fingerprint density at radius 3 is 2.42 bits per heavy atom. The molecule has 2 aromatic heterocycles. The van der Waals surface area contributed by atoms with Crippen molar-refractivity contribution in [2.24, 2.45) is 0 Å². The zero-order chi connectivity index (χ0) is 24.2. The number of hydrogen-bond acceptors (Lipinski definition) is 11. The van der Waals surface area contributed by atoms with Gasteiger partial charge >= 0.3 is 7.12 Å². The monoisotopic (exact) mass is 492 g/mol.